The number of urea groups is 1. The molecule has 0 saturated carbocycles. The number of carbonyl (C=O) groups is 1. The van der Waals surface area contributed by atoms with Crippen molar-refractivity contribution in [1.29, 1.82) is 0 Å². The summed E-state index contributed by atoms with van der Waals surface area (Å²) in [5.74, 6) is 0. The molecular weight excluding hydrogens is 266 g/mol. The fourth-order valence-corrected chi connectivity index (χ4v) is 2.35. The number of hydrogen-bond donors (Lipinski definition) is 2. The highest BCUT2D eigenvalue weighted by Crippen LogP contribution is 2.10. The third-order valence-corrected chi connectivity index (χ3v) is 3.62. The lowest BCUT2D eigenvalue weighted by Gasteiger charge is -2.19. The molecule has 2 rings (SSSR count). The van der Waals surface area contributed by atoms with Crippen LogP contribution in [-0.2, 0) is 4.74 Å². The molecule has 2 amide bonds. The van der Waals surface area contributed by atoms with Gasteiger partial charge in [0, 0.05) is 39.0 Å². The first-order chi connectivity index (χ1) is 10.3. The predicted molar refractivity (Wildman–Crippen MR) is 84.6 cm³/mol. The van der Waals surface area contributed by atoms with Crippen molar-refractivity contribution in [2.24, 2.45) is 0 Å². The van der Waals surface area contributed by atoms with Crippen molar-refractivity contribution >= 4 is 11.7 Å². The first kappa shape index (κ1) is 15.6. The topological polar surface area (TPSA) is 53.6 Å². The summed E-state index contributed by atoms with van der Waals surface area (Å²) in [6.07, 6.45) is 3.26. The Hall–Kier alpha value is -1.75. The second kappa shape index (κ2) is 8.52. The van der Waals surface area contributed by atoms with Gasteiger partial charge in [0.05, 0.1) is 6.10 Å². The number of nitrogens with zero attached hydrogens (tertiary/aromatic N) is 1. The number of rotatable bonds is 7. The highest BCUT2D eigenvalue weighted by Gasteiger charge is 2.17. The molecule has 1 aliphatic heterocycles. The van der Waals surface area contributed by atoms with Crippen molar-refractivity contribution in [3.8, 4) is 0 Å². The zero-order valence-electron chi connectivity index (χ0n) is 12.7. The van der Waals surface area contributed by atoms with E-state index in [1.54, 1.807) is 4.90 Å². The maximum absolute atomic E-state index is 11.9. The Kier molecular flexibility index (Phi) is 6.34. The molecule has 0 spiro atoms. The number of amides is 2. The number of para-hydroxylation sites is 1. The van der Waals surface area contributed by atoms with Crippen LogP contribution < -0.4 is 10.6 Å². The average Bonchev–Trinajstić information content (AvgIpc) is 3.03. The molecule has 0 radical (unpaired) electrons. The molecule has 1 aliphatic rings. The number of benzene rings is 1. The molecule has 1 heterocycles. The summed E-state index contributed by atoms with van der Waals surface area (Å²) >= 11 is 0. The van der Waals surface area contributed by atoms with Crippen LogP contribution in [0.5, 0.6) is 0 Å². The minimum Gasteiger partial charge on any atom is -0.385 e. The fourth-order valence-electron chi connectivity index (χ4n) is 2.35. The fraction of sp³-hybridized carbons (Fsp3) is 0.562. The molecule has 1 aromatic rings. The van der Waals surface area contributed by atoms with Crippen LogP contribution in [0.1, 0.15) is 19.3 Å². The molecule has 1 aromatic carbocycles. The van der Waals surface area contributed by atoms with Gasteiger partial charge in [-0.3, -0.25) is 0 Å². The van der Waals surface area contributed by atoms with E-state index in [1.165, 1.54) is 0 Å². The van der Waals surface area contributed by atoms with Gasteiger partial charge in [-0.1, -0.05) is 18.2 Å². The van der Waals surface area contributed by atoms with Crippen LogP contribution >= 0.6 is 0 Å². The van der Waals surface area contributed by atoms with Gasteiger partial charge in [0.25, 0.3) is 0 Å². The molecule has 2 N–H and O–H groups in total. The zero-order valence-corrected chi connectivity index (χ0v) is 12.7. The second-order valence-electron chi connectivity index (χ2n) is 5.39. The standard InChI is InChI=1S/C16H25N3O2/c1-19(16(20)18-13-15-9-5-12-21-15)11-6-10-17-14-7-3-2-4-8-14/h2-4,7-8,15,17H,5-6,9-13H2,1H3,(H,18,20)/t15-/m1/s1. The van der Waals surface area contributed by atoms with Crippen LogP contribution in [0.3, 0.4) is 0 Å². The monoisotopic (exact) mass is 291 g/mol. The first-order valence-corrected chi connectivity index (χ1v) is 7.65. The minimum atomic E-state index is -0.0230. The summed E-state index contributed by atoms with van der Waals surface area (Å²) in [7, 11) is 1.83. The third kappa shape index (κ3) is 5.63. The number of anilines is 1. The van der Waals surface area contributed by atoms with Gasteiger partial charge in [-0.2, -0.15) is 0 Å². The summed E-state index contributed by atoms with van der Waals surface area (Å²) in [4.78, 5) is 13.6. The van der Waals surface area contributed by atoms with Crippen molar-refractivity contribution in [3.63, 3.8) is 0 Å². The van der Waals surface area contributed by atoms with Gasteiger partial charge in [0.2, 0.25) is 0 Å². The lowest BCUT2D eigenvalue weighted by Crippen LogP contribution is -2.41. The van der Waals surface area contributed by atoms with E-state index in [2.05, 4.69) is 10.6 Å². The molecule has 1 saturated heterocycles. The Balaban J connectivity index is 1.55. The second-order valence-corrected chi connectivity index (χ2v) is 5.39. The van der Waals surface area contributed by atoms with Gasteiger partial charge >= 0.3 is 6.03 Å². The van der Waals surface area contributed by atoms with Crippen LogP contribution in [0.15, 0.2) is 30.3 Å². The van der Waals surface area contributed by atoms with E-state index >= 15 is 0 Å². The van der Waals surface area contributed by atoms with Crippen LogP contribution in [0.2, 0.25) is 0 Å². The molecule has 0 aromatic heterocycles. The van der Waals surface area contributed by atoms with Gasteiger partial charge in [-0.15, -0.1) is 0 Å². The quantitative estimate of drug-likeness (QED) is 0.758. The Labute approximate surface area is 126 Å². The normalized spacial score (nSPS) is 17.5. The van der Waals surface area contributed by atoms with Gasteiger partial charge in [-0.25, -0.2) is 4.79 Å². The third-order valence-electron chi connectivity index (χ3n) is 3.62. The van der Waals surface area contributed by atoms with Crippen LogP contribution in [-0.4, -0.2) is 50.3 Å². The Morgan fingerprint density at radius 2 is 2.19 bits per heavy atom. The van der Waals surface area contributed by atoms with E-state index in [0.717, 1.165) is 44.6 Å². The summed E-state index contributed by atoms with van der Waals surface area (Å²) in [5.41, 5.74) is 1.11. The van der Waals surface area contributed by atoms with E-state index in [9.17, 15) is 4.79 Å². The molecule has 0 aliphatic carbocycles. The zero-order chi connectivity index (χ0) is 14.9. The van der Waals surface area contributed by atoms with Gasteiger partial charge in [0.15, 0.2) is 0 Å². The van der Waals surface area contributed by atoms with Crippen molar-refractivity contribution in [3.05, 3.63) is 30.3 Å². The summed E-state index contributed by atoms with van der Waals surface area (Å²) in [5, 5.41) is 6.26. The SMILES string of the molecule is CN(CCCNc1ccccc1)C(=O)NC[C@H]1CCCO1. The van der Waals surface area contributed by atoms with Gasteiger partial charge in [-0.05, 0) is 31.4 Å². The minimum absolute atomic E-state index is 0.0230. The number of nitrogens with one attached hydrogen (secondary N) is 2. The van der Waals surface area contributed by atoms with Crippen LogP contribution in [0.25, 0.3) is 0 Å². The van der Waals surface area contributed by atoms with E-state index in [4.69, 9.17) is 4.74 Å². The maximum atomic E-state index is 11.9. The van der Waals surface area contributed by atoms with Gasteiger partial charge in [0.1, 0.15) is 0 Å². The molecule has 5 heteroatoms. The smallest absolute Gasteiger partial charge is 0.317 e. The molecular formula is C16H25N3O2. The number of hydrogen-bond acceptors (Lipinski definition) is 3. The Morgan fingerprint density at radius 3 is 2.90 bits per heavy atom. The number of ether oxygens (including phenoxy) is 1. The molecule has 0 bridgehead atoms. The molecule has 0 unspecified atom stereocenters. The van der Waals surface area contributed by atoms with Crippen molar-refractivity contribution in [1.82, 2.24) is 10.2 Å². The molecule has 1 fully saturated rings. The first-order valence-electron chi connectivity index (χ1n) is 7.65. The van der Waals surface area contributed by atoms with E-state index in [1.807, 2.05) is 37.4 Å². The highest BCUT2D eigenvalue weighted by atomic mass is 16.5. The van der Waals surface area contributed by atoms with Gasteiger partial charge < -0.3 is 20.3 Å². The highest BCUT2D eigenvalue weighted by molar-refractivity contribution is 5.73. The van der Waals surface area contributed by atoms with E-state index < -0.39 is 0 Å². The largest absolute Gasteiger partial charge is 0.385 e. The van der Waals surface area contributed by atoms with Crippen LogP contribution in [0, 0.1) is 0 Å². The molecule has 21 heavy (non-hydrogen) atoms. The Morgan fingerprint density at radius 1 is 1.38 bits per heavy atom. The number of carbonyl (C=O) groups excluding carboxylic acids is 1. The predicted octanol–water partition coefficient (Wildman–Crippen LogP) is 2.31. The lowest BCUT2D eigenvalue weighted by atomic mass is 10.2. The average molecular weight is 291 g/mol. The molecule has 116 valence electrons. The maximum Gasteiger partial charge on any atom is 0.317 e. The summed E-state index contributed by atoms with van der Waals surface area (Å²) in [6, 6.07) is 10.1. The van der Waals surface area contributed by atoms with Crippen molar-refractivity contribution in [2.75, 3.05) is 38.6 Å². The molecule has 1 atom stereocenters. The summed E-state index contributed by atoms with van der Waals surface area (Å²) in [6.45, 7) is 3.03. The van der Waals surface area contributed by atoms with Crippen LogP contribution in [0.4, 0.5) is 10.5 Å². The summed E-state index contributed by atoms with van der Waals surface area (Å²) < 4.78 is 5.49. The lowest BCUT2D eigenvalue weighted by molar-refractivity contribution is 0.109. The molecule has 5 nitrogen and oxygen atoms in total. The van der Waals surface area contributed by atoms with E-state index in [0.29, 0.717) is 6.54 Å². The Bertz CT molecular complexity index is 419. The van der Waals surface area contributed by atoms with E-state index in [-0.39, 0.29) is 12.1 Å². The van der Waals surface area contributed by atoms with Crippen molar-refractivity contribution in [2.45, 2.75) is 25.4 Å². The van der Waals surface area contributed by atoms with Crippen molar-refractivity contribution < 1.29 is 9.53 Å².